The summed E-state index contributed by atoms with van der Waals surface area (Å²) in [6.07, 6.45) is 9.06. The van der Waals surface area contributed by atoms with Gasteiger partial charge in [0.05, 0.1) is 5.75 Å². The van der Waals surface area contributed by atoms with Gasteiger partial charge in [-0.1, -0.05) is 55.3 Å². The number of sulfonamides is 1. The molecule has 186 valence electrons. The van der Waals surface area contributed by atoms with E-state index in [1.807, 2.05) is 48.5 Å². The number of aryl methyl sites for hydroxylation is 1. The second-order valence-electron chi connectivity index (χ2n) is 10.1. The lowest BCUT2D eigenvalue weighted by atomic mass is 9.83. The van der Waals surface area contributed by atoms with Crippen molar-refractivity contribution in [1.82, 2.24) is 0 Å². The molecule has 5 rings (SSSR count). The molecule has 0 saturated heterocycles. The van der Waals surface area contributed by atoms with E-state index in [2.05, 4.69) is 4.72 Å². The summed E-state index contributed by atoms with van der Waals surface area (Å²) < 4.78 is 34.6. The van der Waals surface area contributed by atoms with Crippen molar-refractivity contribution in [2.24, 2.45) is 5.92 Å². The van der Waals surface area contributed by atoms with Crippen molar-refractivity contribution in [3.05, 3.63) is 88.4 Å². The van der Waals surface area contributed by atoms with Gasteiger partial charge in [0.2, 0.25) is 10.0 Å². The fraction of sp³-hybridized carbons (Fsp3) is 0.448. The molecule has 0 spiro atoms. The molecule has 0 radical (unpaired) electrons. The first-order valence-corrected chi connectivity index (χ1v) is 14.6. The molecule has 0 amide bonds. The smallest absolute Gasteiger partial charge is 0.233 e. The number of hydrogen-bond acceptors (Lipinski definition) is 4. The van der Waals surface area contributed by atoms with Gasteiger partial charge in [-0.25, -0.2) is 8.42 Å². The van der Waals surface area contributed by atoms with Crippen molar-refractivity contribution in [2.45, 2.75) is 63.7 Å². The van der Waals surface area contributed by atoms with Crippen LogP contribution >= 0.6 is 0 Å². The number of ether oxygens (including phenoxy) is 1. The molecule has 1 atom stereocenters. The van der Waals surface area contributed by atoms with E-state index in [9.17, 15) is 13.5 Å². The molecule has 2 aromatic carbocycles. The Kier molecular flexibility index (Phi) is 7.19. The quantitative estimate of drug-likeness (QED) is 0.434. The van der Waals surface area contributed by atoms with Crippen LogP contribution in [0.25, 0.3) is 0 Å². The molecule has 2 N–H and O–H groups in total. The van der Waals surface area contributed by atoms with Gasteiger partial charge in [-0.05, 0) is 67.7 Å². The van der Waals surface area contributed by atoms with E-state index in [0.717, 1.165) is 66.6 Å². The third-order valence-electron chi connectivity index (χ3n) is 7.40. The molecule has 5 nitrogen and oxygen atoms in total. The molecule has 6 heteroatoms. The van der Waals surface area contributed by atoms with E-state index in [4.69, 9.17) is 4.74 Å². The van der Waals surface area contributed by atoms with Crippen LogP contribution in [0.4, 0.5) is 5.69 Å². The van der Waals surface area contributed by atoms with Crippen LogP contribution < -0.4 is 4.72 Å². The van der Waals surface area contributed by atoms with Gasteiger partial charge in [0.15, 0.2) is 0 Å². The summed E-state index contributed by atoms with van der Waals surface area (Å²) in [7, 11) is -3.48. The lowest BCUT2D eigenvalue weighted by molar-refractivity contribution is 0.190. The number of rotatable bonds is 8. The van der Waals surface area contributed by atoms with Crippen LogP contribution in [0.2, 0.25) is 0 Å². The minimum absolute atomic E-state index is 0.0318. The molecule has 0 bridgehead atoms. The Hall–Kier alpha value is -2.73. The topological polar surface area (TPSA) is 75.6 Å². The first kappa shape index (κ1) is 24.0. The van der Waals surface area contributed by atoms with Gasteiger partial charge in [0.1, 0.15) is 18.1 Å². The highest BCUT2D eigenvalue weighted by atomic mass is 32.2. The van der Waals surface area contributed by atoms with Crippen LogP contribution in [0.15, 0.2) is 77.3 Å². The molecule has 1 heterocycles. The number of benzene rings is 2. The Morgan fingerprint density at radius 2 is 1.74 bits per heavy atom. The van der Waals surface area contributed by atoms with Crippen LogP contribution in [-0.4, -0.2) is 25.9 Å². The van der Waals surface area contributed by atoms with Crippen molar-refractivity contribution in [1.29, 1.82) is 0 Å². The first-order valence-electron chi connectivity index (χ1n) is 12.9. The Morgan fingerprint density at radius 3 is 2.51 bits per heavy atom. The molecule has 2 aliphatic carbocycles. The maximum absolute atomic E-state index is 12.8. The number of aliphatic hydroxyl groups excluding tert-OH is 1. The van der Waals surface area contributed by atoms with Crippen LogP contribution in [0.1, 0.15) is 68.4 Å². The molecule has 35 heavy (non-hydrogen) atoms. The predicted octanol–water partition coefficient (Wildman–Crippen LogP) is 6.62. The molecule has 3 aliphatic rings. The van der Waals surface area contributed by atoms with Gasteiger partial charge in [0, 0.05) is 29.2 Å². The van der Waals surface area contributed by atoms with Crippen LogP contribution in [-0.2, 0) is 21.2 Å². The highest BCUT2D eigenvalue weighted by Gasteiger charge is 2.39. The number of nitrogens with one attached hydrogen (secondary N) is 1. The number of aliphatic hydroxyl groups is 1. The highest BCUT2D eigenvalue weighted by molar-refractivity contribution is 7.92. The Balaban J connectivity index is 1.37. The lowest BCUT2D eigenvalue weighted by Crippen LogP contribution is -2.21. The predicted molar refractivity (Wildman–Crippen MR) is 140 cm³/mol. The van der Waals surface area contributed by atoms with Crippen LogP contribution in [0.5, 0.6) is 0 Å². The van der Waals surface area contributed by atoms with Gasteiger partial charge >= 0.3 is 0 Å². The number of allylic oxidation sites excluding steroid dienone is 2. The summed E-state index contributed by atoms with van der Waals surface area (Å²) in [5.41, 5.74) is 4.56. The SMILES string of the molecule is O=S(=O)(CCc1ccccc1)Nc1cccc(C(C2=C(O)C3=C(CCCCCC3)OC2)C2CC2)c1. The van der Waals surface area contributed by atoms with Crippen molar-refractivity contribution in [2.75, 3.05) is 17.1 Å². The zero-order chi connectivity index (χ0) is 24.3. The largest absolute Gasteiger partial charge is 0.507 e. The molecule has 1 aliphatic heterocycles. The highest BCUT2D eigenvalue weighted by Crippen LogP contribution is 2.49. The fourth-order valence-electron chi connectivity index (χ4n) is 5.42. The second kappa shape index (κ2) is 10.5. The second-order valence-corrected chi connectivity index (χ2v) is 11.9. The van der Waals surface area contributed by atoms with Crippen molar-refractivity contribution in [3.8, 4) is 0 Å². The molecular formula is C29H35NO4S. The Labute approximate surface area is 209 Å². The summed E-state index contributed by atoms with van der Waals surface area (Å²) in [5, 5.41) is 11.4. The van der Waals surface area contributed by atoms with Crippen molar-refractivity contribution >= 4 is 15.7 Å². The van der Waals surface area contributed by atoms with Gasteiger partial charge in [-0.15, -0.1) is 0 Å². The maximum Gasteiger partial charge on any atom is 0.233 e. The minimum atomic E-state index is -3.48. The summed E-state index contributed by atoms with van der Waals surface area (Å²) in [6.45, 7) is 0.416. The minimum Gasteiger partial charge on any atom is -0.507 e. The summed E-state index contributed by atoms with van der Waals surface area (Å²) in [5.74, 6) is 1.93. The maximum atomic E-state index is 12.8. The lowest BCUT2D eigenvalue weighted by Gasteiger charge is -2.30. The summed E-state index contributed by atoms with van der Waals surface area (Å²) >= 11 is 0. The Bertz CT molecular complexity index is 1210. The van der Waals surface area contributed by atoms with Gasteiger partial charge in [0.25, 0.3) is 0 Å². The van der Waals surface area contributed by atoms with Crippen LogP contribution in [0.3, 0.4) is 0 Å². The van der Waals surface area contributed by atoms with Crippen LogP contribution in [0, 0.1) is 5.92 Å². The van der Waals surface area contributed by atoms with E-state index < -0.39 is 10.0 Å². The fourth-order valence-corrected chi connectivity index (χ4v) is 6.51. The molecule has 0 aromatic heterocycles. The van der Waals surface area contributed by atoms with E-state index in [0.29, 0.717) is 30.4 Å². The first-order chi connectivity index (χ1) is 17.0. The molecule has 1 saturated carbocycles. The van der Waals surface area contributed by atoms with Crippen molar-refractivity contribution < 1.29 is 18.3 Å². The standard InChI is InChI=1S/C29H35NO4S/c31-29-25-13-6-1-2-7-14-27(25)34-20-26(29)28(22-15-16-22)23-11-8-12-24(19-23)30-35(32,33)18-17-21-9-4-3-5-10-21/h3-5,8-12,19,22,28,30-31H,1-2,6-7,13-18,20H2. The average molecular weight is 494 g/mol. The zero-order valence-corrected chi connectivity index (χ0v) is 21.0. The number of hydrogen-bond donors (Lipinski definition) is 2. The van der Waals surface area contributed by atoms with Gasteiger partial charge in [-0.3, -0.25) is 4.72 Å². The molecule has 1 unspecified atom stereocenters. The molecule has 2 aromatic rings. The normalized spacial score (nSPS) is 19.9. The number of anilines is 1. The van der Waals surface area contributed by atoms with E-state index in [1.165, 1.54) is 12.8 Å². The van der Waals surface area contributed by atoms with E-state index >= 15 is 0 Å². The third-order valence-corrected chi connectivity index (χ3v) is 8.69. The Morgan fingerprint density at radius 1 is 0.971 bits per heavy atom. The van der Waals surface area contributed by atoms with Gasteiger partial charge < -0.3 is 9.84 Å². The van der Waals surface area contributed by atoms with Crippen molar-refractivity contribution in [3.63, 3.8) is 0 Å². The molecule has 1 fully saturated rings. The average Bonchev–Trinajstić information content (AvgIpc) is 3.66. The third kappa shape index (κ3) is 5.92. The monoisotopic (exact) mass is 493 g/mol. The molecular weight excluding hydrogens is 458 g/mol. The summed E-state index contributed by atoms with van der Waals surface area (Å²) in [4.78, 5) is 0. The van der Waals surface area contributed by atoms with E-state index in [-0.39, 0.29) is 11.7 Å². The van der Waals surface area contributed by atoms with E-state index in [1.54, 1.807) is 6.07 Å². The zero-order valence-electron chi connectivity index (χ0n) is 20.2. The van der Waals surface area contributed by atoms with Gasteiger partial charge in [-0.2, -0.15) is 0 Å². The summed E-state index contributed by atoms with van der Waals surface area (Å²) in [6, 6.07) is 17.3.